The molecule has 90 valence electrons. The molecule has 0 radical (unpaired) electrons. The first kappa shape index (κ1) is 13.5. The summed E-state index contributed by atoms with van der Waals surface area (Å²) < 4.78 is 22.7. The maximum Gasteiger partial charge on any atom is 0.150 e. The van der Waals surface area contributed by atoms with Crippen LogP contribution in [-0.4, -0.2) is 24.8 Å². The molecule has 0 amide bonds. The standard InChI is InChI=1S/C11H21BrO2S/c1-3-15(13,14)8-4-6-11(2)7-5-10(12)9-11/h10H,3-9H2,1-2H3. The van der Waals surface area contributed by atoms with E-state index in [1.165, 1.54) is 19.3 Å². The van der Waals surface area contributed by atoms with E-state index in [2.05, 4.69) is 22.9 Å². The Labute approximate surface area is 102 Å². The third kappa shape index (κ3) is 4.43. The Morgan fingerprint density at radius 2 is 2.13 bits per heavy atom. The Hall–Kier alpha value is 0.430. The van der Waals surface area contributed by atoms with Crippen LogP contribution in [0.15, 0.2) is 0 Å². The molecule has 1 aliphatic rings. The van der Waals surface area contributed by atoms with Crippen molar-refractivity contribution in [1.82, 2.24) is 0 Å². The highest BCUT2D eigenvalue weighted by Gasteiger charge is 2.33. The topological polar surface area (TPSA) is 34.1 Å². The van der Waals surface area contributed by atoms with Crippen LogP contribution in [0.2, 0.25) is 0 Å². The molecule has 1 aliphatic carbocycles. The summed E-state index contributed by atoms with van der Waals surface area (Å²) in [6.45, 7) is 4.01. The summed E-state index contributed by atoms with van der Waals surface area (Å²) in [4.78, 5) is 0.644. The Kier molecular flexibility index (Phi) is 4.65. The molecule has 1 saturated carbocycles. The normalized spacial score (nSPS) is 32.1. The zero-order valence-electron chi connectivity index (χ0n) is 9.63. The first-order chi connectivity index (χ1) is 6.87. The second-order valence-corrected chi connectivity index (χ2v) is 8.76. The zero-order valence-corrected chi connectivity index (χ0v) is 12.0. The third-order valence-electron chi connectivity index (χ3n) is 3.45. The molecule has 2 nitrogen and oxygen atoms in total. The Balaban J connectivity index is 2.32. The van der Waals surface area contributed by atoms with Crippen molar-refractivity contribution in [1.29, 1.82) is 0 Å². The number of rotatable bonds is 5. The molecule has 1 fully saturated rings. The molecule has 0 bridgehead atoms. The van der Waals surface area contributed by atoms with Gasteiger partial charge in [-0.15, -0.1) is 0 Å². The van der Waals surface area contributed by atoms with Crippen LogP contribution in [0.4, 0.5) is 0 Å². The van der Waals surface area contributed by atoms with Crippen molar-refractivity contribution in [3.05, 3.63) is 0 Å². The monoisotopic (exact) mass is 296 g/mol. The van der Waals surface area contributed by atoms with E-state index in [1.54, 1.807) is 6.92 Å². The second-order valence-electron chi connectivity index (χ2n) is 4.99. The zero-order chi connectivity index (χ0) is 11.5. The minimum atomic E-state index is -2.76. The van der Waals surface area contributed by atoms with Gasteiger partial charge in [-0.1, -0.05) is 29.8 Å². The number of sulfone groups is 1. The molecule has 2 unspecified atom stereocenters. The first-order valence-electron chi connectivity index (χ1n) is 5.71. The summed E-state index contributed by atoms with van der Waals surface area (Å²) >= 11 is 3.64. The number of hydrogen-bond donors (Lipinski definition) is 0. The number of alkyl halides is 1. The molecule has 0 heterocycles. The van der Waals surface area contributed by atoms with E-state index in [0.29, 0.717) is 16.0 Å². The van der Waals surface area contributed by atoms with Gasteiger partial charge in [-0.25, -0.2) is 8.42 Å². The molecule has 2 atom stereocenters. The maximum absolute atomic E-state index is 11.3. The fourth-order valence-corrected chi connectivity index (χ4v) is 4.22. The van der Waals surface area contributed by atoms with Gasteiger partial charge in [0.2, 0.25) is 0 Å². The van der Waals surface area contributed by atoms with Gasteiger partial charge in [-0.05, 0) is 37.5 Å². The smallest absolute Gasteiger partial charge is 0.150 e. The van der Waals surface area contributed by atoms with E-state index in [0.717, 1.165) is 12.8 Å². The van der Waals surface area contributed by atoms with Crippen molar-refractivity contribution in [3.63, 3.8) is 0 Å². The van der Waals surface area contributed by atoms with Gasteiger partial charge in [-0.3, -0.25) is 0 Å². The SMILES string of the molecule is CCS(=O)(=O)CCCC1(C)CCC(Br)C1. The molecule has 0 aromatic rings. The van der Waals surface area contributed by atoms with Crippen LogP contribution in [0.5, 0.6) is 0 Å². The molecule has 0 N–H and O–H groups in total. The Morgan fingerprint density at radius 1 is 1.47 bits per heavy atom. The van der Waals surface area contributed by atoms with E-state index in [4.69, 9.17) is 0 Å². The van der Waals surface area contributed by atoms with Crippen LogP contribution in [0, 0.1) is 5.41 Å². The molecule has 15 heavy (non-hydrogen) atoms. The number of hydrogen-bond acceptors (Lipinski definition) is 2. The molecular formula is C11H21BrO2S. The Bertz CT molecular complexity index is 300. The van der Waals surface area contributed by atoms with Crippen molar-refractivity contribution in [3.8, 4) is 0 Å². The van der Waals surface area contributed by atoms with Crippen molar-refractivity contribution in [2.24, 2.45) is 5.41 Å². The van der Waals surface area contributed by atoms with Gasteiger partial charge in [0.15, 0.2) is 0 Å². The van der Waals surface area contributed by atoms with Crippen LogP contribution in [0.3, 0.4) is 0 Å². The largest absolute Gasteiger partial charge is 0.229 e. The van der Waals surface area contributed by atoms with Crippen molar-refractivity contribution < 1.29 is 8.42 Å². The average molecular weight is 297 g/mol. The van der Waals surface area contributed by atoms with Crippen LogP contribution in [0.25, 0.3) is 0 Å². The molecule has 0 aromatic carbocycles. The van der Waals surface area contributed by atoms with E-state index >= 15 is 0 Å². The fraction of sp³-hybridized carbons (Fsp3) is 1.00. The van der Waals surface area contributed by atoms with Crippen molar-refractivity contribution >= 4 is 25.8 Å². The van der Waals surface area contributed by atoms with Gasteiger partial charge in [0.05, 0.1) is 5.75 Å². The van der Waals surface area contributed by atoms with E-state index < -0.39 is 9.84 Å². The van der Waals surface area contributed by atoms with Gasteiger partial charge >= 0.3 is 0 Å². The van der Waals surface area contributed by atoms with Gasteiger partial charge in [-0.2, -0.15) is 0 Å². The van der Waals surface area contributed by atoms with Crippen LogP contribution in [-0.2, 0) is 9.84 Å². The molecule has 0 spiro atoms. The molecule has 4 heteroatoms. The minimum absolute atomic E-state index is 0.283. The predicted octanol–water partition coefficient (Wildman–Crippen LogP) is 3.16. The lowest BCUT2D eigenvalue weighted by Gasteiger charge is -2.23. The molecule has 0 saturated heterocycles. The summed E-state index contributed by atoms with van der Waals surface area (Å²) in [6.07, 6.45) is 5.53. The summed E-state index contributed by atoms with van der Waals surface area (Å²) in [5.41, 5.74) is 0.372. The van der Waals surface area contributed by atoms with Gasteiger partial charge in [0.25, 0.3) is 0 Å². The summed E-state index contributed by atoms with van der Waals surface area (Å²) in [6, 6.07) is 0. The van der Waals surface area contributed by atoms with E-state index in [-0.39, 0.29) is 5.75 Å². The fourth-order valence-electron chi connectivity index (χ4n) is 2.33. The second kappa shape index (κ2) is 5.17. The van der Waals surface area contributed by atoms with E-state index in [1.807, 2.05) is 0 Å². The summed E-state index contributed by atoms with van der Waals surface area (Å²) in [7, 11) is -2.76. The first-order valence-corrected chi connectivity index (χ1v) is 8.45. The lowest BCUT2D eigenvalue weighted by molar-refractivity contribution is 0.306. The lowest BCUT2D eigenvalue weighted by Crippen LogP contribution is -2.15. The molecule has 1 rings (SSSR count). The van der Waals surface area contributed by atoms with Gasteiger partial charge in [0.1, 0.15) is 9.84 Å². The highest BCUT2D eigenvalue weighted by Crippen LogP contribution is 2.44. The van der Waals surface area contributed by atoms with E-state index in [9.17, 15) is 8.42 Å². The van der Waals surface area contributed by atoms with Crippen LogP contribution >= 0.6 is 15.9 Å². The van der Waals surface area contributed by atoms with Crippen molar-refractivity contribution in [2.75, 3.05) is 11.5 Å². The molecule has 0 aliphatic heterocycles. The average Bonchev–Trinajstić information content (AvgIpc) is 2.46. The predicted molar refractivity (Wildman–Crippen MR) is 68.2 cm³/mol. The summed E-state index contributed by atoms with van der Waals surface area (Å²) in [5, 5.41) is 0. The lowest BCUT2D eigenvalue weighted by atomic mass is 9.84. The Morgan fingerprint density at radius 3 is 2.60 bits per heavy atom. The summed E-state index contributed by atoms with van der Waals surface area (Å²) in [5.74, 6) is 0.650. The minimum Gasteiger partial charge on any atom is -0.229 e. The van der Waals surface area contributed by atoms with Gasteiger partial charge < -0.3 is 0 Å². The number of halogens is 1. The van der Waals surface area contributed by atoms with Gasteiger partial charge in [0, 0.05) is 10.6 Å². The highest BCUT2D eigenvalue weighted by atomic mass is 79.9. The molecule has 0 aromatic heterocycles. The highest BCUT2D eigenvalue weighted by molar-refractivity contribution is 9.09. The maximum atomic E-state index is 11.3. The third-order valence-corrected chi connectivity index (χ3v) is 6.02. The van der Waals surface area contributed by atoms with Crippen LogP contribution in [0.1, 0.15) is 46.0 Å². The van der Waals surface area contributed by atoms with Crippen LogP contribution < -0.4 is 0 Å². The molecular weight excluding hydrogens is 276 g/mol. The van der Waals surface area contributed by atoms with Crippen molar-refractivity contribution in [2.45, 2.75) is 50.8 Å². The quantitative estimate of drug-likeness (QED) is 0.731.